The van der Waals surface area contributed by atoms with Crippen LogP contribution >= 0.6 is 0 Å². The molecule has 0 aromatic rings. The summed E-state index contributed by atoms with van der Waals surface area (Å²) in [7, 11) is 0. The van der Waals surface area contributed by atoms with E-state index in [1.165, 1.54) is 5.06 Å². The van der Waals surface area contributed by atoms with Crippen molar-refractivity contribution in [1.82, 2.24) is 5.06 Å². The first-order valence-electron chi connectivity index (χ1n) is 4.08. The molecule has 0 atom stereocenters. The Bertz CT molecular complexity index is 200. The summed E-state index contributed by atoms with van der Waals surface area (Å²) in [4.78, 5) is 16.2. The predicted octanol–water partition coefficient (Wildman–Crippen LogP) is 1.68. The molecule has 0 radical (unpaired) electrons. The van der Waals surface area contributed by atoms with Gasteiger partial charge >= 0.3 is 6.09 Å². The molecule has 0 aliphatic carbocycles. The van der Waals surface area contributed by atoms with Crippen LogP contribution in [-0.2, 0) is 9.57 Å². The number of carbonyl (C=O) groups excluding carboxylic acids is 1. The highest BCUT2D eigenvalue weighted by molar-refractivity contribution is 5.68. The second-order valence-electron chi connectivity index (χ2n) is 2.34. The van der Waals surface area contributed by atoms with Crippen LogP contribution in [0.15, 0.2) is 11.8 Å². The first-order chi connectivity index (χ1) is 5.79. The molecule has 1 rings (SSSR count). The molecule has 1 aliphatic heterocycles. The SMILES string of the molecule is CCOC(=O)N1OCC=C1CC. The average molecular weight is 171 g/mol. The molecule has 4 nitrogen and oxygen atoms in total. The summed E-state index contributed by atoms with van der Waals surface area (Å²) in [5, 5.41) is 1.21. The summed E-state index contributed by atoms with van der Waals surface area (Å²) in [6.45, 7) is 4.56. The molecular formula is C8H13NO3. The standard InChI is InChI=1S/C8H13NO3/c1-3-7-5-6-12-9(7)8(10)11-4-2/h5H,3-4,6H2,1-2H3. The highest BCUT2D eigenvalue weighted by Gasteiger charge is 2.22. The molecule has 1 aliphatic rings. The number of rotatable bonds is 2. The Labute approximate surface area is 71.7 Å². The van der Waals surface area contributed by atoms with Gasteiger partial charge in [-0.15, -0.1) is 0 Å². The Morgan fingerprint density at radius 2 is 2.50 bits per heavy atom. The van der Waals surface area contributed by atoms with E-state index in [1.54, 1.807) is 6.92 Å². The zero-order valence-corrected chi connectivity index (χ0v) is 7.37. The molecule has 12 heavy (non-hydrogen) atoms. The molecular weight excluding hydrogens is 158 g/mol. The topological polar surface area (TPSA) is 38.8 Å². The highest BCUT2D eigenvalue weighted by Crippen LogP contribution is 2.16. The van der Waals surface area contributed by atoms with Crippen molar-refractivity contribution in [1.29, 1.82) is 0 Å². The van der Waals surface area contributed by atoms with Crippen LogP contribution in [-0.4, -0.2) is 24.4 Å². The summed E-state index contributed by atoms with van der Waals surface area (Å²) in [5.74, 6) is 0. The Kier molecular flexibility index (Phi) is 3.10. The van der Waals surface area contributed by atoms with Crippen molar-refractivity contribution >= 4 is 6.09 Å². The minimum Gasteiger partial charge on any atom is -0.448 e. The molecule has 0 aromatic carbocycles. The quantitative estimate of drug-likeness (QED) is 0.634. The largest absolute Gasteiger partial charge is 0.448 e. The maximum atomic E-state index is 11.2. The van der Waals surface area contributed by atoms with Crippen molar-refractivity contribution in [2.75, 3.05) is 13.2 Å². The zero-order valence-electron chi connectivity index (χ0n) is 7.37. The van der Waals surface area contributed by atoms with E-state index in [-0.39, 0.29) is 0 Å². The lowest BCUT2D eigenvalue weighted by molar-refractivity contribution is -0.0839. The van der Waals surface area contributed by atoms with Gasteiger partial charge in [0.1, 0.15) is 0 Å². The summed E-state index contributed by atoms with van der Waals surface area (Å²) in [6, 6.07) is 0. The lowest BCUT2D eigenvalue weighted by Gasteiger charge is -2.16. The number of hydroxylamine groups is 2. The number of hydrogen-bond acceptors (Lipinski definition) is 3. The summed E-state index contributed by atoms with van der Waals surface area (Å²) < 4.78 is 4.78. The maximum absolute atomic E-state index is 11.2. The molecule has 0 N–H and O–H groups in total. The molecule has 0 bridgehead atoms. The van der Waals surface area contributed by atoms with Crippen molar-refractivity contribution in [3.8, 4) is 0 Å². The molecule has 0 spiro atoms. The zero-order chi connectivity index (χ0) is 8.97. The van der Waals surface area contributed by atoms with E-state index >= 15 is 0 Å². The first-order valence-corrected chi connectivity index (χ1v) is 4.08. The molecule has 0 aromatic heterocycles. The molecule has 4 heteroatoms. The molecule has 1 heterocycles. The van der Waals surface area contributed by atoms with Gasteiger partial charge in [-0.3, -0.25) is 4.84 Å². The van der Waals surface area contributed by atoms with Gasteiger partial charge in [-0.1, -0.05) is 6.92 Å². The van der Waals surface area contributed by atoms with E-state index in [0.29, 0.717) is 13.2 Å². The van der Waals surface area contributed by atoms with E-state index < -0.39 is 6.09 Å². The van der Waals surface area contributed by atoms with Gasteiger partial charge in [0, 0.05) is 0 Å². The molecule has 0 saturated heterocycles. The lowest BCUT2D eigenvalue weighted by atomic mass is 10.3. The van der Waals surface area contributed by atoms with Crippen molar-refractivity contribution in [2.24, 2.45) is 0 Å². The van der Waals surface area contributed by atoms with Crippen LogP contribution < -0.4 is 0 Å². The van der Waals surface area contributed by atoms with E-state index in [2.05, 4.69) is 0 Å². The molecule has 0 fully saturated rings. The van der Waals surface area contributed by atoms with E-state index in [9.17, 15) is 4.79 Å². The van der Waals surface area contributed by atoms with Gasteiger partial charge in [-0.25, -0.2) is 4.79 Å². The smallest absolute Gasteiger partial charge is 0.438 e. The van der Waals surface area contributed by atoms with Gasteiger partial charge in [-0.05, 0) is 19.4 Å². The summed E-state index contributed by atoms with van der Waals surface area (Å²) in [6.07, 6.45) is 2.22. The Morgan fingerprint density at radius 3 is 3.08 bits per heavy atom. The Balaban J connectivity index is 2.52. The van der Waals surface area contributed by atoms with Crippen molar-refractivity contribution in [2.45, 2.75) is 20.3 Å². The van der Waals surface area contributed by atoms with Gasteiger partial charge in [-0.2, -0.15) is 5.06 Å². The Morgan fingerprint density at radius 1 is 1.75 bits per heavy atom. The van der Waals surface area contributed by atoms with Crippen LogP contribution in [0.5, 0.6) is 0 Å². The number of carbonyl (C=O) groups is 1. The molecule has 1 amide bonds. The third-order valence-corrected chi connectivity index (χ3v) is 1.58. The van der Waals surface area contributed by atoms with Crippen molar-refractivity contribution < 1.29 is 14.4 Å². The van der Waals surface area contributed by atoms with Gasteiger partial charge in [0.25, 0.3) is 0 Å². The number of amides is 1. The van der Waals surface area contributed by atoms with Crippen LogP contribution in [0.4, 0.5) is 4.79 Å². The Hall–Kier alpha value is -1.03. The normalized spacial score (nSPS) is 16.2. The van der Waals surface area contributed by atoms with Crippen LogP contribution in [0, 0.1) is 0 Å². The second kappa shape index (κ2) is 4.11. The minimum atomic E-state index is -0.428. The van der Waals surface area contributed by atoms with Gasteiger partial charge in [0.2, 0.25) is 0 Å². The number of nitrogens with zero attached hydrogens (tertiary/aromatic N) is 1. The number of hydrogen-bond donors (Lipinski definition) is 0. The van der Waals surface area contributed by atoms with Crippen LogP contribution in [0.3, 0.4) is 0 Å². The maximum Gasteiger partial charge on any atom is 0.438 e. The molecule has 68 valence electrons. The monoisotopic (exact) mass is 171 g/mol. The minimum absolute atomic E-state index is 0.371. The number of allylic oxidation sites excluding steroid dienone is 1. The fraction of sp³-hybridized carbons (Fsp3) is 0.625. The van der Waals surface area contributed by atoms with Crippen LogP contribution in [0.2, 0.25) is 0 Å². The molecule has 0 saturated carbocycles. The third-order valence-electron chi connectivity index (χ3n) is 1.58. The number of ether oxygens (including phenoxy) is 1. The van der Waals surface area contributed by atoms with E-state index in [4.69, 9.17) is 9.57 Å². The van der Waals surface area contributed by atoms with Gasteiger partial charge in [0.15, 0.2) is 0 Å². The predicted molar refractivity (Wildman–Crippen MR) is 43.2 cm³/mol. The lowest BCUT2D eigenvalue weighted by Crippen LogP contribution is -2.27. The summed E-state index contributed by atoms with van der Waals surface area (Å²) >= 11 is 0. The first kappa shape index (κ1) is 9.06. The molecule has 0 unspecified atom stereocenters. The second-order valence-corrected chi connectivity index (χ2v) is 2.34. The average Bonchev–Trinajstić information content (AvgIpc) is 2.51. The van der Waals surface area contributed by atoms with Crippen LogP contribution in [0.25, 0.3) is 0 Å². The van der Waals surface area contributed by atoms with E-state index in [1.807, 2.05) is 13.0 Å². The highest BCUT2D eigenvalue weighted by atomic mass is 16.7. The van der Waals surface area contributed by atoms with E-state index in [0.717, 1.165) is 12.1 Å². The fourth-order valence-electron chi connectivity index (χ4n) is 1.01. The third kappa shape index (κ3) is 1.76. The summed E-state index contributed by atoms with van der Waals surface area (Å²) in [5.41, 5.74) is 0.869. The van der Waals surface area contributed by atoms with Gasteiger partial charge < -0.3 is 4.74 Å². The van der Waals surface area contributed by atoms with Crippen molar-refractivity contribution in [3.05, 3.63) is 11.8 Å². The van der Waals surface area contributed by atoms with Crippen molar-refractivity contribution in [3.63, 3.8) is 0 Å². The van der Waals surface area contributed by atoms with Crippen LogP contribution in [0.1, 0.15) is 20.3 Å². The fourth-order valence-corrected chi connectivity index (χ4v) is 1.01. The van der Waals surface area contributed by atoms with Gasteiger partial charge in [0.05, 0.1) is 18.9 Å².